The smallest absolute Gasteiger partial charge is 0.272 e. The van der Waals surface area contributed by atoms with E-state index in [2.05, 4.69) is 10.3 Å². The normalized spacial score (nSPS) is 20.6. The van der Waals surface area contributed by atoms with Gasteiger partial charge in [0.1, 0.15) is 17.2 Å². The van der Waals surface area contributed by atoms with Crippen molar-refractivity contribution in [2.75, 3.05) is 26.7 Å². The van der Waals surface area contributed by atoms with E-state index < -0.39 is 6.04 Å². The number of aryl methyl sites for hydroxylation is 1. The number of nitrogens with one attached hydrogen (secondary N) is 1. The van der Waals surface area contributed by atoms with Crippen LogP contribution in [0, 0.1) is 0 Å². The van der Waals surface area contributed by atoms with Gasteiger partial charge in [0.2, 0.25) is 11.8 Å². The molecule has 0 unspecified atom stereocenters. The highest BCUT2D eigenvalue weighted by Crippen LogP contribution is 2.25. The van der Waals surface area contributed by atoms with Gasteiger partial charge < -0.3 is 24.6 Å². The maximum Gasteiger partial charge on any atom is 0.272 e. The van der Waals surface area contributed by atoms with Crippen LogP contribution in [-0.4, -0.2) is 71.3 Å². The van der Waals surface area contributed by atoms with E-state index in [9.17, 15) is 14.4 Å². The van der Waals surface area contributed by atoms with Crippen LogP contribution in [0.3, 0.4) is 0 Å². The Hall–Kier alpha value is -4.24. The molecule has 4 bridgehead atoms. The summed E-state index contributed by atoms with van der Waals surface area (Å²) in [4.78, 5) is 46.2. The van der Waals surface area contributed by atoms with E-state index in [1.807, 2.05) is 48.5 Å². The number of benzene rings is 2. The van der Waals surface area contributed by atoms with Crippen molar-refractivity contribution in [1.29, 1.82) is 0 Å². The summed E-state index contributed by atoms with van der Waals surface area (Å²) >= 11 is 0. The Morgan fingerprint density at radius 2 is 1.74 bits per heavy atom. The molecule has 1 aromatic heterocycles. The van der Waals surface area contributed by atoms with Crippen LogP contribution in [0.1, 0.15) is 34.5 Å². The molecule has 0 spiro atoms. The van der Waals surface area contributed by atoms with E-state index in [1.165, 1.54) is 4.90 Å². The second kappa shape index (κ2) is 12.1. The number of likely N-dealkylation sites (tertiary alicyclic amines) is 1. The van der Waals surface area contributed by atoms with Gasteiger partial charge in [-0.05, 0) is 60.4 Å². The SMILES string of the molecule is CN1CC(=O)N[C@H]2CN(C(=O)c3ccccn3)CC[C@H]2OCc2cccc(c2)Oc2cccc(c2)CCC1=O. The van der Waals surface area contributed by atoms with Crippen LogP contribution < -0.4 is 10.1 Å². The molecule has 1 N–H and O–H groups in total. The van der Waals surface area contributed by atoms with Crippen LogP contribution in [0.5, 0.6) is 11.5 Å². The lowest BCUT2D eigenvalue weighted by Crippen LogP contribution is -2.58. The lowest BCUT2D eigenvalue weighted by molar-refractivity contribution is -0.135. The zero-order valence-corrected chi connectivity index (χ0v) is 21.9. The molecular weight excluding hydrogens is 496 g/mol. The standard InChI is InChI=1S/C30H32N4O5/c1-33-19-28(35)32-26-18-34(30(37)25-10-2-3-14-31-25)15-13-27(26)38-20-22-7-5-9-24(17-22)39-23-8-4-6-21(16-23)11-12-29(33)36/h2-10,14,16-17,26-27H,11-13,15,18-20H2,1H3,(H,32,35)/t26-,27+/m0/s1. The van der Waals surface area contributed by atoms with Gasteiger partial charge >= 0.3 is 0 Å². The Kier molecular flexibility index (Phi) is 8.17. The summed E-state index contributed by atoms with van der Waals surface area (Å²) in [5.74, 6) is 0.759. The van der Waals surface area contributed by atoms with Crippen LogP contribution in [-0.2, 0) is 27.4 Å². The van der Waals surface area contributed by atoms with Crippen LogP contribution in [0.25, 0.3) is 0 Å². The third-order valence-corrected chi connectivity index (χ3v) is 7.00. The van der Waals surface area contributed by atoms with Crippen LogP contribution in [0.4, 0.5) is 0 Å². The summed E-state index contributed by atoms with van der Waals surface area (Å²) < 4.78 is 12.4. The topological polar surface area (TPSA) is 101 Å². The zero-order valence-electron chi connectivity index (χ0n) is 21.9. The molecule has 2 aromatic carbocycles. The van der Waals surface area contributed by atoms with Crippen molar-refractivity contribution in [3.05, 3.63) is 89.7 Å². The predicted octanol–water partition coefficient (Wildman–Crippen LogP) is 3.19. The van der Waals surface area contributed by atoms with Gasteiger partial charge in [-0.3, -0.25) is 19.4 Å². The lowest BCUT2D eigenvalue weighted by Gasteiger charge is -2.39. The Bertz CT molecular complexity index is 1330. The molecule has 202 valence electrons. The Balaban J connectivity index is 1.37. The van der Waals surface area contributed by atoms with Crippen molar-refractivity contribution in [3.8, 4) is 11.5 Å². The maximum atomic E-state index is 13.1. The van der Waals surface area contributed by atoms with Gasteiger partial charge in [-0.15, -0.1) is 0 Å². The fraction of sp³-hybridized carbons (Fsp3) is 0.333. The van der Waals surface area contributed by atoms with Crippen LogP contribution >= 0.6 is 0 Å². The quantitative estimate of drug-likeness (QED) is 0.521. The van der Waals surface area contributed by atoms with E-state index in [4.69, 9.17) is 9.47 Å². The number of ether oxygens (including phenoxy) is 2. The first-order chi connectivity index (χ1) is 18.9. The molecule has 5 rings (SSSR count). The van der Waals surface area contributed by atoms with Gasteiger partial charge in [-0.2, -0.15) is 0 Å². The average Bonchev–Trinajstić information content (AvgIpc) is 2.95. The number of hydrogen-bond donors (Lipinski definition) is 1. The van der Waals surface area contributed by atoms with Gasteiger partial charge in [-0.25, -0.2) is 0 Å². The number of nitrogens with zero attached hydrogens (tertiary/aromatic N) is 3. The molecule has 0 saturated carbocycles. The van der Waals surface area contributed by atoms with Crippen molar-refractivity contribution >= 4 is 17.7 Å². The van der Waals surface area contributed by atoms with Crippen LogP contribution in [0.2, 0.25) is 0 Å². The summed E-state index contributed by atoms with van der Waals surface area (Å²) in [5.41, 5.74) is 2.27. The minimum absolute atomic E-state index is 0.0819. The minimum Gasteiger partial charge on any atom is -0.457 e. The van der Waals surface area contributed by atoms with Crippen LogP contribution in [0.15, 0.2) is 72.9 Å². The summed E-state index contributed by atoms with van der Waals surface area (Å²) in [7, 11) is 1.62. The summed E-state index contributed by atoms with van der Waals surface area (Å²) in [5, 5.41) is 3.03. The lowest BCUT2D eigenvalue weighted by atomic mass is 10.0. The van der Waals surface area contributed by atoms with E-state index in [0.29, 0.717) is 43.2 Å². The van der Waals surface area contributed by atoms with E-state index in [1.54, 1.807) is 36.3 Å². The molecule has 0 aliphatic carbocycles. The molecule has 3 heterocycles. The summed E-state index contributed by atoms with van der Waals surface area (Å²) in [6.07, 6.45) is 2.61. The molecule has 9 nitrogen and oxygen atoms in total. The second-order valence-corrected chi connectivity index (χ2v) is 9.92. The van der Waals surface area contributed by atoms with Gasteiger partial charge in [0.15, 0.2) is 0 Å². The minimum atomic E-state index is -0.444. The molecule has 2 aliphatic rings. The molecule has 9 heteroatoms. The Morgan fingerprint density at radius 1 is 0.974 bits per heavy atom. The largest absolute Gasteiger partial charge is 0.457 e. The molecular formula is C30H32N4O5. The highest BCUT2D eigenvalue weighted by molar-refractivity contribution is 5.92. The predicted molar refractivity (Wildman–Crippen MR) is 144 cm³/mol. The van der Waals surface area contributed by atoms with Crippen molar-refractivity contribution in [3.63, 3.8) is 0 Å². The van der Waals surface area contributed by atoms with E-state index in [-0.39, 0.29) is 43.3 Å². The number of carbonyl (C=O) groups excluding carboxylic acids is 3. The zero-order chi connectivity index (χ0) is 27.2. The molecule has 0 radical (unpaired) electrons. The first-order valence-electron chi connectivity index (χ1n) is 13.2. The highest BCUT2D eigenvalue weighted by atomic mass is 16.5. The van der Waals surface area contributed by atoms with E-state index >= 15 is 0 Å². The van der Waals surface area contributed by atoms with Crippen molar-refractivity contribution < 1.29 is 23.9 Å². The first-order valence-corrected chi connectivity index (χ1v) is 13.2. The second-order valence-electron chi connectivity index (χ2n) is 9.92. The fourth-order valence-corrected chi connectivity index (χ4v) is 4.91. The number of likely N-dealkylation sites (N-methyl/N-ethyl adjacent to an activating group) is 1. The van der Waals surface area contributed by atoms with Gasteiger partial charge in [-0.1, -0.05) is 30.3 Å². The average molecular weight is 529 g/mol. The Morgan fingerprint density at radius 3 is 2.51 bits per heavy atom. The fourth-order valence-electron chi connectivity index (χ4n) is 4.91. The third-order valence-electron chi connectivity index (χ3n) is 7.00. The number of hydrogen-bond acceptors (Lipinski definition) is 6. The molecule has 3 amide bonds. The number of aromatic nitrogens is 1. The molecule has 1 fully saturated rings. The van der Waals surface area contributed by atoms with Gasteiger partial charge in [0.05, 0.1) is 25.3 Å². The molecule has 2 aliphatic heterocycles. The highest BCUT2D eigenvalue weighted by Gasteiger charge is 2.34. The third kappa shape index (κ3) is 6.80. The number of amides is 3. The number of pyridine rings is 1. The molecule has 3 aromatic rings. The maximum absolute atomic E-state index is 13.1. The molecule has 2 atom stereocenters. The summed E-state index contributed by atoms with van der Waals surface area (Å²) in [6, 6.07) is 20.1. The Labute approximate surface area is 227 Å². The monoisotopic (exact) mass is 528 g/mol. The number of rotatable bonds is 1. The van der Waals surface area contributed by atoms with Gasteiger partial charge in [0.25, 0.3) is 5.91 Å². The van der Waals surface area contributed by atoms with Crippen molar-refractivity contribution in [1.82, 2.24) is 20.1 Å². The number of fused-ring (bicyclic) bond motifs is 5. The van der Waals surface area contributed by atoms with E-state index in [0.717, 1.165) is 11.1 Å². The number of piperidine rings is 1. The van der Waals surface area contributed by atoms with Crippen molar-refractivity contribution in [2.45, 2.75) is 38.0 Å². The van der Waals surface area contributed by atoms with Crippen molar-refractivity contribution in [2.24, 2.45) is 0 Å². The first kappa shape index (κ1) is 26.4. The summed E-state index contributed by atoms with van der Waals surface area (Å²) in [6.45, 7) is 0.994. The molecule has 1 saturated heterocycles. The molecule has 39 heavy (non-hydrogen) atoms. The number of carbonyl (C=O) groups is 3. The van der Waals surface area contributed by atoms with Gasteiger partial charge in [0, 0.05) is 32.8 Å².